The lowest BCUT2D eigenvalue weighted by molar-refractivity contribution is -0.134. The monoisotopic (exact) mass is 432 g/mol. The lowest BCUT2D eigenvalue weighted by atomic mass is 9.86. The van der Waals surface area contributed by atoms with E-state index >= 15 is 0 Å². The summed E-state index contributed by atoms with van der Waals surface area (Å²) in [7, 11) is 0. The molecule has 2 N–H and O–H groups in total. The Balaban J connectivity index is 0.000000735. The molecule has 1 fully saturated rings. The Bertz CT molecular complexity index is 812. The first kappa shape index (κ1) is 23.5. The second-order valence-corrected chi connectivity index (χ2v) is 7.63. The van der Waals surface area contributed by atoms with Gasteiger partial charge in [-0.15, -0.1) is 0 Å². The number of halogens is 1. The van der Waals surface area contributed by atoms with Crippen molar-refractivity contribution in [3.05, 3.63) is 59.6 Å². The molecule has 2 aromatic carbocycles. The first-order valence-electron chi connectivity index (χ1n) is 9.91. The second-order valence-electron chi connectivity index (χ2n) is 7.22. The van der Waals surface area contributed by atoms with Crippen LogP contribution < -0.4 is 9.47 Å². The Hall–Kier alpha value is -2.73. The molecule has 162 valence electrons. The molecule has 0 saturated carbocycles. The maximum atomic E-state index is 9.00. The molecule has 0 bridgehead atoms. The molecular weight excluding hydrogens is 404 g/mol. The predicted octanol–water partition coefficient (Wildman–Crippen LogP) is 4.82. The van der Waals surface area contributed by atoms with E-state index in [1.54, 1.807) is 0 Å². The summed E-state index contributed by atoms with van der Waals surface area (Å²) >= 11 is 6.20. The van der Waals surface area contributed by atoms with Crippen LogP contribution in [0.5, 0.6) is 11.5 Å². The highest BCUT2D eigenvalue weighted by Gasteiger charge is 2.31. The molecule has 0 amide bonds. The minimum absolute atomic E-state index is 0.282. The first-order valence-corrected chi connectivity index (χ1v) is 10.3. The fourth-order valence-electron chi connectivity index (χ4n) is 3.27. The van der Waals surface area contributed by atoms with Crippen molar-refractivity contribution in [2.45, 2.75) is 20.3 Å². The number of carboxylic acids is 1. The molecule has 30 heavy (non-hydrogen) atoms. The highest BCUT2D eigenvalue weighted by Crippen LogP contribution is 2.28. The van der Waals surface area contributed by atoms with Crippen LogP contribution in [0.3, 0.4) is 0 Å². The zero-order valence-electron chi connectivity index (χ0n) is 17.4. The van der Waals surface area contributed by atoms with Crippen LogP contribution in [0.2, 0.25) is 5.02 Å². The number of nitrogens with one attached hydrogen (secondary N) is 1. The Labute approximate surface area is 182 Å². The summed E-state index contributed by atoms with van der Waals surface area (Å²) in [6, 6.07) is 17.4. The quantitative estimate of drug-likeness (QED) is 0.505. The maximum absolute atomic E-state index is 9.00. The van der Waals surface area contributed by atoms with Gasteiger partial charge in [0.15, 0.2) is 0 Å². The number of hydrogen-bond donors (Lipinski definition) is 2. The molecule has 0 spiro atoms. The predicted molar refractivity (Wildman–Crippen MR) is 119 cm³/mol. The van der Waals surface area contributed by atoms with E-state index in [0.717, 1.165) is 32.2 Å². The van der Waals surface area contributed by atoms with Crippen LogP contribution in [0.25, 0.3) is 0 Å². The van der Waals surface area contributed by atoms with Crippen molar-refractivity contribution >= 4 is 23.4 Å². The normalized spacial score (nSPS) is 18.0. The number of hydrogen-bond acceptors (Lipinski definition) is 4. The van der Waals surface area contributed by atoms with Crippen LogP contribution in [0, 0.1) is 17.2 Å². The number of carbonyl (C=O) groups is 1. The summed E-state index contributed by atoms with van der Waals surface area (Å²) in [5.41, 5.74) is 0. The summed E-state index contributed by atoms with van der Waals surface area (Å²) in [4.78, 5) is 11.1. The number of aliphatic carboxylic acids is 1. The van der Waals surface area contributed by atoms with Crippen LogP contribution >= 0.6 is 11.6 Å². The zero-order valence-corrected chi connectivity index (χ0v) is 18.1. The van der Waals surface area contributed by atoms with E-state index in [-0.39, 0.29) is 5.92 Å². The van der Waals surface area contributed by atoms with E-state index in [4.69, 9.17) is 36.4 Å². The third-order valence-electron chi connectivity index (χ3n) is 4.86. The van der Waals surface area contributed by atoms with E-state index in [0.29, 0.717) is 35.7 Å². The van der Waals surface area contributed by atoms with Gasteiger partial charge in [-0.05, 0) is 37.6 Å². The summed E-state index contributed by atoms with van der Waals surface area (Å²) in [6.07, 6.45) is 0.986. The number of likely N-dealkylation sites (tertiary alicyclic amines) is 1. The van der Waals surface area contributed by atoms with Gasteiger partial charge in [0.25, 0.3) is 5.97 Å². The van der Waals surface area contributed by atoms with Crippen molar-refractivity contribution in [1.29, 1.82) is 5.41 Å². The minimum Gasteiger partial charge on any atom is -0.493 e. The SMILES string of the molecule is CC(=N)N1CCC(COc2ccccc2)C(COc2ccccc2Cl)C1.CC(=O)O. The summed E-state index contributed by atoms with van der Waals surface area (Å²) in [6.45, 7) is 5.85. The molecule has 1 saturated heterocycles. The van der Waals surface area contributed by atoms with Gasteiger partial charge in [0.1, 0.15) is 11.5 Å². The first-order chi connectivity index (χ1) is 14.4. The molecule has 0 radical (unpaired) electrons. The van der Waals surface area contributed by atoms with Crippen molar-refractivity contribution in [3.63, 3.8) is 0 Å². The topological polar surface area (TPSA) is 82.9 Å². The largest absolute Gasteiger partial charge is 0.493 e. The number of benzene rings is 2. The third-order valence-corrected chi connectivity index (χ3v) is 5.17. The van der Waals surface area contributed by atoms with Crippen molar-refractivity contribution in [2.24, 2.45) is 11.8 Å². The third kappa shape index (κ3) is 7.95. The molecule has 2 unspecified atom stereocenters. The number of carboxylic acid groups (broad SMARTS) is 1. The molecule has 1 heterocycles. The van der Waals surface area contributed by atoms with E-state index in [9.17, 15) is 0 Å². The summed E-state index contributed by atoms with van der Waals surface area (Å²) in [5, 5.41) is 16.0. The fraction of sp³-hybridized carbons (Fsp3) is 0.391. The highest BCUT2D eigenvalue weighted by molar-refractivity contribution is 6.32. The van der Waals surface area contributed by atoms with E-state index in [1.807, 2.05) is 61.5 Å². The van der Waals surface area contributed by atoms with Crippen LogP contribution in [0.1, 0.15) is 20.3 Å². The maximum Gasteiger partial charge on any atom is 0.300 e. The van der Waals surface area contributed by atoms with Crippen LogP contribution in [-0.2, 0) is 4.79 Å². The molecule has 1 aliphatic heterocycles. The van der Waals surface area contributed by atoms with Crippen LogP contribution in [-0.4, -0.2) is 48.1 Å². The molecule has 7 heteroatoms. The van der Waals surface area contributed by atoms with Gasteiger partial charge < -0.3 is 19.5 Å². The highest BCUT2D eigenvalue weighted by atomic mass is 35.5. The van der Waals surface area contributed by atoms with Crippen molar-refractivity contribution in [3.8, 4) is 11.5 Å². The molecular formula is C23H29ClN2O4. The van der Waals surface area contributed by atoms with Gasteiger partial charge in [0.05, 0.1) is 24.1 Å². The lowest BCUT2D eigenvalue weighted by Crippen LogP contribution is -2.46. The molecule has 2 atom stereocenters. The second kappa shape index (κ2) is 12.1. The van der Waals surface area contributed by atoms with E-state index in [1.165, 1.54) is 0 Å². The minimum atomic E-state index is -0.833. The average Bonchev–Trinajstić information content (AvgIpc) is 2.72. The standard InChI is InChI=1S/C21H25ClN2O2.C2H4O2/c1-16(23)24-12-11-17(14-25-19-7-3-2-4-8-19)18(13-24)15-26-21-10-6-5-9-20(21)22;1-2(3)4/h2-10,17-18,23H,11-15H2,1H3;1H3,(H,3,4). The van der Waals surface area contributed by atoms with Gasteiger partial charge in [0.2, 0.25) is 0 Å². The number of para-hydroxylation sites is 2. The van der Waals surface area contributed by atoms with Gasteiger partial charge in [-0.25, -0.2) is 0 Å². The molecule has 6 nitrogen and oxygen atoms in total. The summed E-state index contributed by atoms with van der Waals surface area (Å²) < 4.78 is 12.0. The van der Waals surface area contributed by atoms with E-state index < -0.39 is 5.97 Å². The Kier molecular flexibility index (Phi) is 9.48. The fourth-order valence-corrected chi connectivity index (χ4v) is 3.46. The van der Waals surface area contributed by atoms with Crippen molar-refractivity contribution in [2.75, 3.05) is 26.3 Å². The summed E-state index contributed by atoms with van der Waals surface area (Å²) in [5.74, 6) is 2.04. The van der Waals surface area contributed by atoms with Gasteiger partial charge in [-0.1, -0.05) is 41.9 Å². The van der Waals surface area contributed by atoms with Crippen molar-refractivity contribution in [1.82, 2.24) is 4.90 Å². The van der Waals surface area contributed by atoms with Crippen molar-refractivity contribution < 1.29 is 19.4 Å². The number of rotatable bonds is 6. The Morgan fingerprint density at radius 2 is 1.67 bits per heavy atom. The molecule has 0 aromatic heterocycles. The van der Waals surface area contributed by atoms with Gasteiger partial charge in [0, 0.05) is 31.8 Å². The smallest absolute Gasteiger partial charge is 0.300 e. The molecule has 2 aromatic rings. The number of piperidine rings is 1. The van der Waals surface area contributed by atoms with Crippen LogP contribution in [0.15, 0.2) is 54.6 Å². The van der Waals surface area contributed by atoms with E-state index in [2.05, 4.69) is 4.90 Å². The molecule has 0 aliphatic carbocycles. The Morgan fingerprint density at radius 1 is 1.07 bits per heavy atom. The number of amidine groups is 1. The Morgan fingerprint density at radius 3 is 2.30 bits per heavy atom. The lowest BCUT2D eigenvalue weighted by Gasteiger charge is -2.39. The molecule has 3 rings (SSSR count). The van der Waals surface area contributed by atoms with Crippen LogP contribution in [0.4, 0.5) is 0 Å². The number of nitrogens with zero attached hydrogens (tertiary/aromatic N) is 1. The number of ether oxygens (including phenoxy) is 2. The van der Waals surface area contributed by atoms with Gasteiger partial charge >= 0.3 is 0 Å². The average molecular weight is 433 g/mol. The molecule has 1 aliphatic rings. The van der Waals surface area contributed by atoms with Gasteiger partial charge in [-0.2, -0.15) is 0 Å². The zero-order chi connectivity index (χ0) is 21.9. The van der Waals surface area contributed by atoms with Gasteiger partial charge in [-0.3, -0.25) is 10.2 Å².